The first-order valence-electron chi connectivity index (χ1n) is 7.41. The minimum Gasteiger partial charge on any atom is -0.444 e. The maximum atomic E-state index is 12.3. The molecular weight excluding hydrogens is 256 g/mol. The van der Waals surface area contributed by atoms with Crippen molar-refractivity contribution in [1.82, 2.24) is 10.2 Å². The third kappa shape index (κ3) is 5.67. The molecule has 5 nitrogen and oxygen atoms in total. The van der Waals surface area contributed by atoms with Crippen molar-refractivity contribution in [3.05, 3.63) is 0 Å². The van der Waals surface area contributed by atoms with Crippen molar-refractivity contribution in [3.8, 4) is 0 Å². The van der Waals surface area contributed by atoms with Crippen LogP contribution in [0, 0.1) is 0 Å². The molecular formula is C15H30N2O3. The molecule has 118 valence electrons. The molecule has 0 saturated heterocycles. The van der Waals surface area contributed by atoms with E-state index in [9.17, 15) is 9.90 Å². The van der Waals surface area contributed by atoms with Gasteiger partial charge in [0.05, 0.1) is 6.10 Å². The Kier molecular flexibility index (Phi) is 5.44. The van der Waals surface area contributed by atoms with Crippen molar-refractivity contribution in [2.45, 2.75) is 77.7 Å². The van der Waals surface area contributed by atoms with E-state index in [1.54, 1.807) is 4.90 Å². The molecule has 2 N–H and O–H groups in total. The lowest BCUT2D eigenvalue weighted by Crippen LogP contribution is -2.52. The average Bonchev–Trinajstić information content (AvgIpc) is 2.16. The van der Waals surface area contributed by atoms with E-state index in [4.69, 9.17) is 4.74 Å². The molecule has 20 heavy (non-hydrogen) atoms. The summed E-state index contributed by atoms with van der Waals surface area (Å²) in [5.41, 5.74) is -0.755. The predicted molar refractivity (Wildman–Crippen MR) is 79.7 cm³/mol. The number of aliphatic hydroxyl groups excluding tert-OH is 1. The van der Waals surface area contributed by atoms with E-state index in [0.717, 1.165) is 12.8 Å². The summed E-state index contributed by atoms with van der Waals surface area (Å²) in [6, 6.07) is 0.380. The normalized spacial score (nSPS) is 23.1. The van der Waals surface area contributed by atoms with E-state index in [0.29, 0.717) is 19.1 Å². The highest BCUT2D eigenvalue weighted by Crippen LogP contribution is 2.20. The van der Waals surface area contributed by atoms with Gasteiger partial charge in [-0.25, -0.2) is 4.79 Å². The number of nitrogens with zero attached hydrogens (tertiary/aromatic N) is 1. The quantitative estimate of drug-likeness (QED) is 0.831. The minimum atomic E-state index is -0.480. The second-order valence-corrected chi connectivity index (χ2v) is 7.58. The molecule has 1 fully saturated rings. The summed E-state index contributed by atoms with van der Waals surface area (Å²) in [4.78, 5) is 14.0. The number of hydrogen-bond acceptors (Lipinski definition) is 4. The van der Waals surface area contributed by atoms with Crippen LogP contribution in [0.1, 0.15) is 54.4 Å². The third-order valence-electron chi connectivity index (χ3n) is 3.31. The molecule has 0 spiro atoms. The van der Waals surface area contributed by atoms with Crippen molar-refractivity contribution in [2.75, 3.05) is 13.1 Å². The van der Waals surface area contributed by atoms with Crippen molar-refractivity contribution >= 4 is 6.09 Å². The number of ether oxygens (including phenoxy) is 1. The Morgan fingerprint density at radius 1 is 1.25 bits per heavy atom. The number of aliphatic hydroxyl groups is 1. The van der Waals surface area contributed by atoms with Crippen LogP contribution in [0.3, 0.4) is 0 Å². The number of nitrogens with one attached hydrogen (secondary N) is 1. The standard InChI is InChI=1S/C15H30N2O3/c1-14(2,3)17(13(19)20-15(4,5)6)8-7-16-11-9-12(18)10-11/h11-12,16,18H,7-10H2,1-6H3. The highest BCUT2D eigenvalue weighted by atomic mass is 16.6. The number of amides is 1. The molecule has 0 radical (unpaired) electrons. The Bertz CT molecular complexity index is 325. The van der Waals surface area contributed by atoms with Gasteiger partial charge in [-0.1, -0.05) is 0 Å². The Balaban J connectivity index is 2.46. The summed E-state index contributed by atoms with van der Waals surface area (Å²) in [5.74, 6) is 0. The van der Waals surface area contributed by atoms with Gasteiger partial charge in [-0.15, -0.1) is 0 Å². The Morgan fingerprint density at radius 3 is 2.20 bits per heavy atom. The van der Waals surface area contributed by atoms with Crippen molar-refractivity contribution in [1.29, 1.82) is 0 Å². The molecule has 0 unspecified atom stereocenters. The van der Waals surface area contributed by atoms with Crippen LogP contribution in [-0.4, -0.2) is 52.5 Å². The zero-order valence-electron chi connectivity index (χ0n) is 13.7. The molecule has 1 aliphatic carbocycles. The molecule has 0 aromatic rings. The summed E-state index contributed by atoms with van der Waals surface area (Å²) < 4.78 is 5.46. The smallest absolute Gasteiger partial charge is 0.410 e. The van der Waals surface area contributed by atoms with Crippen LogP contribution >= 0.6 is 0 Å². The van der Waals surface area contributed by atoms with Crippen molar-refractivity contribution in [3.63, 3.8) is 0 Å². The molecule has 0 atom stereocenters. The van der Waals surface area contributed by atoms with Crippen LogP contribution in [0.2, 0.25) is 0 Å². The lowest BCUT2D eigenvalue weighted by atomic mass is 9.89. The second-order valence-electron chi connectivity index (χ2n) is 7.58. The van der Waals surface area contributed by atoms with E-state index >= 15 is 0 Å². The number of rotatable bonds is 4. The first kappa shape index (κ1) is 17.2. The Hall–Kier alpha value is -0.810. The van der Waals surface area contributed by atoms with Gasteiger partial charge in [0.25, 0.3) is 0 Å². The van der Waals surface area contributed by atoms with Gasteiger partial charge in [-0.3, -0.25) is 0 Å². The molecule has 1 aliphatic rings. The van der Waals surface area contributed by atoms with Gasteiger partial charge in [0.2, 0.25) is 0 Å². The van der Waals surface area contributed by atoms with Gasteiger partial charge in [-0.2, -0.15) is 0 Å². The molecule has 0 bridgehead atoms. The van der Waals surface area contributed by atoms with Crippen LogP contribution in [0.15, 0.2) is 0 Å². The fourth-order valence-corrected chi connectivity index (χ4v) is 2.15. The Labute approximate surface area is 122 Å². The van der Waals surface area contributed by atoms with Crippen LogP contribution in [-0.2, 0) is 4.74 Å². The lowest BCUT2D eigenvalue weighted by molar-refractivity contribution is 0.00510. The third-order valence-corrected chi connectivity index (χ3v) is 3.31. The number of carbonyl (C=O) groups is 1. The highest BCUT2D eigenvalue weighted by molar-refractivity contribution is 5.69. The minimum absolute atomic E-state index is 0.155. The summed E-state index contributed by atoms with van der Waals surface area (Å²) in [6.07, 6.45) is 1.18. The molecule has 0 aromatic heterocycles. The van der Waals surface area contributed by atoms with Gasteiger partial charge in [0.1, 0.15) is 5.60 Å². The first-order valence-corrected chi connectivity index (χ1v) is 7.41. The van der Waals surface area contributed by atoms with Gasteiger partial charge in [0, 0.05) is 24.7 Å². The van der Waals surface area contributed by atoms with Gasteiger partial charge < -0.3 is 20.1 Å². The van der Waals surface area contributed by atoms with E-state index in [1.165, 1.54) is 0 Å². The fourth-order valence-electron chi connectivity index (χ4n) is 2.15. The summed E-state index contributed by atoms with van der Waals surface area (Å²) >= 11 is 0. The van der Waals surface area contributed by atoms with E-state index < -0.39 is 5.60 Å². The van der Waals surface area contributed by atoms with Crippen LogP contribution < -0.4 is 5.32 Å². The molecule has 5 heteroatoms. The van der Waals surface area contributed by atoms with Crippen LogP contribution in [0.5, 0.6) is 0 Å². The largest absolute Gasteiger partial charge is 0.444 e. The van der Waals surface area contributed by atoms with E-state index in [1.807, 2.05) is 41.5 Å². The fraction of sp³-hybridized carbons (Fsp3) is 0.933. The molecule has 1 rings (SSSR count). The molecule has 1 saturated carbocycles. The number of carbonyl (C=O) groups excluding carboxylic acids is 1. The summed E-state index contributed by atoms with van der Waals surface area (Å²) in [5, 5.41) is 12.6. The maximum Gasteiger partial charge on any atom is 0.410 e. The zero-order chi connectivity index (χ0) is 15.6. The Morgan fingerprint density at radius 2 is 1.80 bits per heavy atom. The van der Waals surface area contributed by atoms with E-state index in [-0.39, 0.29) is 17.7 Å². The monoisotopic (exact) mass is 286 g/mol. The SMILES string of the molecule is CC(C)(C)OC(=O)N(CCNC1CC(O)C1)C(C)(C)C. The van der Waals surface area contributed by atoms with Gasteiger partial charge in [-0.05, 0) is 54.4 Å². The first-order chi connectivity index (χ1) is 8.99. The van der Waals surface area contributed by atoms with Crippen molar-refractivity contribution < 1.29 is 14.6 Å². The summed E-state index contributed by atoms with van der Waals surface area (Å²) in [6.45, 7) is 13.0. The van der Waals surface area contributed by atoms with Crippen molar-refractivity contribution in [2.24, 2.45) is 0 Å². The van der Waals surface area contributed by atoms with E-state index in [2.05, 4.69) is 5.32 Å². The van der Waals surface area contributed by atoms with Crippen LogP contribution in [0.25, 0.3) is 0 Å². The second kappa shape index (κ2) is 6.31. The number of hydrogen-bond donors (Lipinski definition) is 2. The molecule has 0 heterocycles. The molecule has 1 amide bonds. The van der Waals surface area contributed by atoms with Crippen LogP contribution in [0.4, 0.5) is 4.79 Å². The van der Waals surface area contributed by atoms with Gasteiger partial charge in [0.15, 0.2) is 0 Å². The lowest BCUT2D eigenvalue weighted by Gasteiger charge is -2.38. The summed E-state index contributed by atoms with van der Waals surface area (Å²) in [7, 11) is 0. The zero-order valence-corrected chi connectivity index (χ0v) is 13.7. The highest BCUT2D eigenvalue weighted by Gasteiger charge is 2.31. The molecule has 0 aromatic carbocycles. The topological polar surface area (TPSA) is 61.8 Å². The van der Waals surface area contributed by atoms with Gasteiger partial charge >= 0.3 is 6.09 Å². The molecule has 0 aliphatic heterocycles. The maximum absolute atomic E-state index is 12.3. The average molecular weight is 286 g/mol. The predicted octanol–water partition coefficient (Wildman–Crippen LogP) is 2.13.